The minimum absolute atomic E-state index is 0.00462. The van der Waals surface area contributed by atoms with Gasteiger partial charge in [-0.3, -0.25) is 4.79 Å². The predicted octanol–water partition coefficient (Wildman–Crippen LogP) is 1.23. The van der Waals surface area contributed by atoms with Crippen molar-refractivity contribution < 1.29 is 9.90 Å². The lowest BCUT2D eigenvalue weighted by atomic mass is 9.94. The van der Waals surface area contributed by atoms with Crippen LogP contribution < -0.4 is 0 Å². The molecule has 1 aliphatic rings. The summed E-state index contributed by atoms with van der Waals surface area (Å²) in [6, 6.07) is 0.00462. The van der Waals surface area contributed by atoms with Gasteiger partial charge in [0.1, 0.15) is 0 Å². The Balaban J connectivity index is 2.69. The molecule has 1 heterocycles. The van der Waals surface area contributed by atoms with Crippen molar-refractivity contribution in [2.45, 2.75) is 32.7 Å². The van der Waals surface area contributed by atoms with E-state index >= 15 is 0 Å². The molecule has 1 amide bonds. The van der Waals surface area contributed by atoms with Crippen molar-refractivity contribution in [1.82, 2.24) is 4.90 Å². The maximum Gasteiger partial charge on any atom is 0.229 e. The minimum atomic E-state index is -0.515. The van der Waals surface area contributed by atoms with Crippen molar-refractivity contribution >= 4 is 17.5 Å². The summed E-state index contributed by atoms with van der Waals surface area (Å²) in [6.45, 7) is 4.50. The van der Waals surface area contributed by atoms with Crippen LogP contribution in [0.25, 0.3) is 0 Å². The summed E-state index contributed by atoms with van der Waals surface area (Å²) in [4.78, 5) is 13.8. The van der Waals surface area contributed by atoms with E-state index in [1.165, 1.54) is 0 Å². The first kappa shape index (κ1) is 11.8. The Morgan fingerprint density at radius 1 is 1.64 bits per heavy atom. The van der Waals surface area contributed by atoms with E-state index in [0.29, 0.717) is 5.88 Å². The lowest BCUT2D eigenvalue weighted by Gasteiger charge is -2.31. The van der Waals surface area contributed by atoms with Crippen molar-refractivity contribution in [3.05, 3.63) is 0 Å². The molecule has 4 heteroatoms. The molecule has 1 unspecified atom stereocenters. The molecule has 0 aromatic rings. The van der Waals surface area contributed by atoms with Gasteiger partial charge in [0, 0.05) is 12.4 Å². The summed E-state index contributed by atoms with van der Waals surface area (Å²) in [7, 11) is 0. The Bertz CT molecular complexity index is 218. The van der Waals surface area contributed by atoms with Gasteiger partial charge in [-0.1, -0.05) is 0 Å². The highest BCUT2D eigenvalue weighted by molar-refractivity contribution is 6.19. The monoisotopic (exact) mass is 219 g/mol. The third kappa shape index (κ3) is 2.20. The van der Waals surface area contributed by atoms with Crippen LogP contribution >= 0.6 is 11.6 Å². The number of aliphatic hydroxyl groups is 1. The van der Waals surface area contributed by atoms with E-state index in [-0.39, 0.29) is 18.6 Å². The number of amides is 1. The number of nitrogens with zero attached hydrogens (tertiary/aromatic N) is 1. The van der Waals surface area contributed by atoms with E-state index in [4.69, 9.17) is 16.7 Å². The third-order valence-corrected chi connectivity index (χ3v) is 3.43. The zero-order valence-corrected chi connectivity index (χ0v) is 9.55. The molecule has 0 spiro atoms. The number of carbonyl (C=O) groups is 1. The molecular weight excluding hydrogens is 202 g/mol. The number of rotatable bonds is 3. The van der Waals surface area contributed by atoms with Gasteiger partial charge in [0.05, 0.1) is 18.1 Å². The molecule has 1 N–H and O–H groups in total. The van der Waals surface area contributed by atoms with E-state index in [1.807, 2.05) is 13.8 Å². The fraction of sp³-hybridized carbons (Fsp3) is 0.900. The Labute approximate surface area is 90.0 Å². The quantitative estimate of drug-likeness (QED) is 0.726. The van der Waals surface area contributed by atoms with Gasteiger partial charge in [0.15, 0.2) is 0 Å². The summed E-state index contributed by atoms with van der Waals surface area (Å²) < 4.78 is 0. The van der Waals surface area contributed by atoms with Crippen LogP contribution in [0, 0.1) is 5.41 Å². The molecular formula is C10H18ClNO2. The Hall–Kier alpha value is -0.280. The van der Waals surface area contributed by atoms with Gasteiger partial charge in [-0.05, 0) is 26.7 Å². The average molecular weight is 220 g/mol. The molecule has 14 heavy (non-hydrogen) atoms. The van der Waals surface area contributed by atoms with Gasteiger partial charge in [-0.15, -0.1) is 11.6 Å². The third-order valence-electron chi connectivity index (χ3n) is 2.76. The summed E-state index contributed by atoms with van der Waals surface area (Å²) in [5, 5.41) is 9.10. The molecule has 1 atom stereocenters. The van der Waals surface area contributed by atoms with Crippen molar-refractivity contribution in [2.24, 2.45) is 5.41 Å². The molecule has 0 aliphatic carbocycles. The van der Waals surface area contributed by atoms with Gasteiger partial charge >= 0.3 is 0 Å². The van der Waals surface area contributed by atoms with Crippen LogP contribution in [-0.4, -0.2) is 41.0 Å². The van der Waals surface area contributed by atoms with E-state index in [9.17, 15) is 4.79 Å². The SMILES string of the molecule is CC(C)(CCl)C(=O)N1CCCC1CO. The molecule has 1 fully saturated rings. The second-order valence-corrected chi connectivity index (χ2v) is 4.76. The Morgan fingerprint density at radius 2 is 2.29 bits per heavy atom. The highest BCUT2D eigenvalue weighted by Gasteiger charge is 2.36. The lowest BCUT2D eigenvalue weighted by Crippen LogP contribution is -2.45. The molecule has 1 rings (SSSR count). The largest absolute Gasteiger partial charge is 0.394 e. The smallest absolute Gasteiger partial charge is 0.229 e. The Kier molecular flexibility index (Phi) is 3.78. The molecule has 82 valence electrons. The maximum absolute atomic E-state index is 12.0. The number of alkyl halides is 1. The first-order valence-electron chi connectivity index (χ1n) is 5.01. The molecule has 0 saturated carbocycles. The van der Waals surface area contributed by atoms with Crippen molar-refractivity contribution in [3.63, 3.8) is 0 Å². The highest BCUT2D eigenvalue weighted by atomic mass is 35.5. The van der Waals surface area contributed by atoms with Gasteiger partial charge < -0.3 is 10.0 Å². The molecule has 0 radical (unpaired) electrons. The van der Waals surface area contributed by atoms with Gasteiger partial charge in [0.2, 0.25) is 5.91 Å². The summed E-state index contributed by atoms with van der Waals surface area (Å²) >= 11 is 5.75. The van der Waals surface area contributed by atoms with E-state index < -0.39 is 5.41 Å². The molecule has 1 aliphatic heterocycles. The number of carbonyl (C=O) groups excluding carboxylic acids is 1. The first-order chi connectivity index (χ1) is 6.53. The van der Waals surface area contributed by atoms with Crippen LogP contribution in [0.4, 0.5) is 0 Å². The van der Waals surface area contributed by atoms with Crippen molar-refractivity contribution in [1.29, 1.82) is 0 Å². The standard InChI is InChI=1S/C10H18ClNO2/c1-10(2,7-11)9(14)12-5-3-4-8(12)6-13/h8,13H,3-7H2,1-2H3. The average Bonchev–Trinajstić information content (AvgIpc) is 2.64. The number of hydrogen-bond donors (Lipinski definition) is 1. The first-order valence-corrected chi connectivity index (χ1v) is 5.54. The lowest BCUT2D eigenvalue weighted by molar-refractivity contribution is -0.140. The number of hydrogen-bond acceptors (Lipinski definition) is 2. The summed E-state index contributed by atoms with van der Waals surface area (Å²) in [5.41, 5.74) is -0.515. The van der Waals surface area contributed by atoms with Crippen LogP contribution in [0.3, 0.4) is 0 Å². The van der Waals surface area contributed by atoms with Crippen LogP contribution in [0.1, 0.15) is 26.7 Å². The van der Waals surface area contributed by atoms with Gasteiger partial charge in [-0.2, -0.15) is 0 Å². The zero-order valence-electron chi connectivity index (χ0n) is 8.79. The molecule has 0 aromatic carbocycles. The summed E-state index contributed by atoms with van der Waals surface area (Å²) in [5.74, 6) is 0.379. The number of halogens is 1. The molecule has 0 bridgehead atoms. The fourth-order valence-electron chi connectivity index (χ4n) is 1.74. The zero-order chi connectivity index (χ0) is 10.8. The van der Waals surface area contributed by atoms with Crippen molar-refractivity contribution in [3.8, 4) is 0 Å². The Morgan fingerprint density at radius 3 is 2.79 bits per heavy atom. The molecule has 3 nitrogen and oxygen atoms in total. The number of aliphatic hydroxyl groups excluding tert-OH is 1. The van der Waals surface area contributed by atoms with Gasteiger partial charge in [-0.25, -0.2) is 0 Å². The van der Waals surface area contributed by atoms with E-state index in [1.54, 1.807) is 4.90 Å². The fourth-order valence-corrected chi connectivity index (χ4v) is 1.85. The predicted molar refractivity (Wildman–Crippen MR) is 56.3 cm³/mol. The maximum atomic E-state index is 12.0. The van der Waals surface area contributed by atoms with E-state index in [0.717, 1.165) is 19.4 Å². The minimum Gasteiger partial charge on any atom is -0.394 e. The molecule has 0 aromatic heterocycles. The van der Waals surface area contributed by atoms with Crippen LogP contribution in [0.15, 0.2) is 0 Å². The number of likely N-dealkylation sites (tertiary alicyclic amines) is 1. The second-order valence-electron chi connectivity index (χ2n) is 4.49. The topological polar surface area (TPSA) is 40.5 Å². The van der Waals surface area contributed by atoms with E-state index in [2.05, 4.69) is 0 Å². The molecule has 1 saturated heterocycles. The van der Waals surface area contributed by atoms with Gasteiger partial charge in [0.25, 0.3) is 0 Å². The second kappa shape index (κ2) is 4.49. The normalized spacial score (nSPS) is 22.9. The van der Waals surface area contributed by atoms with Crippen LogP contribution in [-0.2, 0) is 4.79 Å². The van der Waals surface area contributed by atoms with Crippen LogP contribution in [0.5, 0.6) is 0 Å². The van der Waals surface area contributed by atoms with Crippen LogP contribution in [0.2, 0.25) is 0 Å². The highest BCUT2D eigenvalue weighted by Crippen LogP contribution is 2.26. The van der Waals surface area contributed by atoms with Crippen molar-refractivity contribution in [2.75, 3.05) is 19.0 Å². The summed E-state index contributed by atoms with van der Waals surface area (Å²) in [6.07, 6.45) is 1.88.